The minimum absolute atomic E-state index is 0.404. The predicted octanol–water partition coefficient (Wildman–Crippen LogP) is 3.14. The molecule has 1 N–H and O–H groups in total. The minimum atomic E-state index is 0.404. The maximum Gasteiger partial charge on any atom is 0.0182 e. The van der Waals surface area contributed by atoms with Crippen LogP contribution in [0.3, 0.4) is 0 Å². The molecule has 1 aromatic carbocycles. The molecule has 0 amide bonds. The molecule has 114 valence electrons. The van der Waals surface area contributed by atoms with Gasteiger partial charge in [-0.3, -0.25) is 0 Å². The number of nitrogens with zero attached hydrogens (tertiary/aromatic N) is 1. The van der Waals surface area contributed by atoms with Gasteiger partial charge in [0.25, 0.3) is 0 Å². The highest BCUT2D eigenvalue weighted by Crippen LogP contribution is 2.48. The lowest BCUT2D eigenvalue weighted by Gasteiger charge is -2.52. The molecular weight excluding hydrogens is 256 g/mol. The van der Waals surface area contributed by atoms with Gasteiger partial charge in [-0.1, -0.05) is 31.2 Å². The Labute approximate surface area is 128 Å². The van der Waals surface area contributed by atoms with E-state index in [9.17, 15) is 0 Å². The minimum Gasteiger partial charge on any atom is -0.316 e. The Morgan fingerprint density at radius 1 is 1.24 bits per heavy atom. The van der Waals surface area contributed by atoms with Crippen molar-refractivity contribution in [2.24, 2.45) is 5.92 Å². The molecule has 1 saturated carbocycles. The van der Waals surface area contributed by atoms with Crippen molar-refractivity contribution < 1.29 is 0 Å². The normalized spacial score (nSPS) is 35.5. The van der Waals surface area contributed by atoms with E-state index in [2.05, 4.69) is 48.5 Å². The van der Waals surface area contributed by atoms with E-state index in [0.717, 1.165) is 12.5 Å². The Hall–Kier alpha value is -0.860. The molecule has 2 unspecified atom stereocenters. The molecule has 0 radical (unpaired) electrons. The van der Waals surface area contributed by atoms with Gasteiger partial charge in [0.1, 0.15) is 0 Å². The monoisotopic (exact) mass is 284 g/mol. The number of likely N-dealkylation sites (tertiary alicyclic amines) is 1. The maximum atomic E-state index is 3.77. The first kappa shape index (κ1) is 13.8. The summed E-state index contributed by atoms with van der Waals surface area (Å²) in [5.74, 6) is 1.64. The average molecular weight is 284 g/mol. The van der Waals surface area contributed by atoms with Crippen molar-refractivity contribution in [3.8, 4) is 0 Å². The van der Waals surface area contributed by atoms with Crippen LogP contribution in [-0.2, 0) is 5.41 Å². The van der Waals surface area contributed by atoms with Gasteiger partial charge in [0, 0.05) is 18.5 Å². The standard InChI is InChI=1S/C19H28N2/c1-19-9-10-21(2)18(11-19)16(13-20-12-14-7-8-14)15-5-3-4-6-17(15)19/h3-6,14,16,18,20H,7-13H2,1-2H3/t16-,18?,19?/m0/s1. The third kappa shape index (κ3) is 2.43. The number of piperidine rings is 1. The van der Waals surface area contributed by atoms with Gasteiger partial charge < -0.3 is 10.2 Å². The summed E-state index contributed by atoms with van der Waals surface area (Å²) in [6.45, 7) is 6.11. The summed E-state index contributed by atoms with van der Waals surface area (Å²) >= 11 is 0. The average Bonchev–Trinajstić information content (AvgIpc) is 3.31. The predicted molar refractivity (Wildman–Crippen MR) is 87.8 cm³/mol. The second-order valence-electron chi connectivity index (χ2n) is 7.86. The van der Waals surface area contributed by atoms with Crippen LogP contribution in [0.15, 0.2) is 24.3 Å². The number of likely N-dealkylation sites (N-methyl/N-ethyl adjacent to an activating group) is 1. The lowest BCUT2D eigenvalue weighted by Crippen LogP contribution is -2.54. The van der Waals surface area contributed by atoms with E-state index < -0.39 is 0 Å². The first-order valence-electron chi connectivity index (χ1n) is 8.68. The van der Waals surface area contributed by atoms with Crippen LogP contribution in [0.4, 0.5) is 0 Å². The number of hydrogen-bond acceptors (Lipinski definition) is 2. The topological polar surface area (TPSA) is 15.3 Å². The number of rotatable bonds is 4. The second kappa shape index (κ2) is 5.10. The van der Waals surface area contributed by atoms with Gasteiger partial charge in [0.2, 0.25) is 0 Å². The van der Waals surface area contributed by atoms with Crippen molar-refractivity contribution in [1.82, 2.24) is 10.2 Å². The molecule has 1 aliphatic heterocycles. The van der Waals surface area contributed by atoms with E-state index in [1.807, 2.05) is 0 Å². The number of nitrogens with one attached hydrogen (secondary N) is 1. The van der Waals surface area contributed by atoms with Gasteiger partial charge in [-0.2, -0.15) is 0 Å². The van der Waals surface area contributed by atoms with E-state index in [0.29, 0.717) is 17.4 Å². The molecule has 2 bridgehead atoms. The zero-order valence-corrected chi connectivity index (χ0v) is 13.4. The Morgan fingerprint density at radius 2 is 2.05 bits per heavy atom. The summed E-state index contributed by atoms with van der Waals surface area (Å²) in [4.78, 5) is 2.61. The molecule has 2 aliphatic carbocycles. The Balaban J connectivity index is 1.62. The van der Waals surface area contributed by atoms with Crippen LogP contribution >= 0.6 is 0 Å². The quantitative estimate of drug-likeness (QED) is 0.914. The zero-order chi connectivity index (χ0) is 14.4. The van der Waals surface area contributed by atoms with Crippen LogP contribution in [-0.4, -0.2) is 37.6 Å². The summed E-state index contributed by atoms with van der Waals surface area (Å²) in [6, 6.07) is 9.96. The molecule has 1 heterocycles. The van der Waals surface area contributed by atoms with Crippen LogP contribution in [0.1, 0.15) is 49.7 Å². The molecule has 3 atom stereocenters. The van der Waals surface area contributed by atoms with Crippen molar-refractivity contribution in [1.29, 1.82) is 0 Å². The van der Waals surface area contributed by atoms with Crippen molar-refractivity contribution in [3.63, 3.8) is 0 Å². The fourth-order valence-corrected chi connectivity index (χ4v) is 4.59. The third-order valence-corrected chi connectivity index (χ3v) is 6.21. The number of fused-ring (bicyclic) bond motifs is 4. The van der Waals surface area contributed by atoms with E-state index in [1.165, 1.54) is 38.8 Å². The summed E-state index contributed by atoms with van der Waals surface area (Å²) in [6.07, 6.45) is 5.51. The molecule has 1 saturated heterocycles. The third-order valence-electron chi connectivity index (χ3n) is 6.21. The van der Waals surface area contributed by atoms with E-state index in [4.69, 9.17) is 0 Å². The SMILES string of the molecule is CN1CCC2(C)CC1[C@@H](CNCC1CC1)c1ccccc12. The summed E-state index contributed by atoms with van der Waals surface area (Å²) in [5.41, 5.74) is 3.65. The molecule has 2 nitrogen and oxygen atoms in total. The van der Waals surface area contributed by atoms with Crippen molar-refractivity contribution in [2.45, 2.75) is 50.0 Å². The van der Waals surface area contributed by atoms with Gasteiger partial charge in [-0.05, 0) is 68.3 Å². The van der Waals surface area contributed by atoms with E-state index in [-0.39, 0.29) is 0 Å². The number of benzene rings is 1. The van der Waals surface area contributed by atoms with E-state index in [1.54, 1.807) is 11.1 Å². The van der Waals surface area contributed by atoms with Gasteiger partial charge in [0.15, 0.2) is 0 Å². The Kier molecular flexibility index (Phi) is 3.35. The lowest BCUT2D eigenvalue weighted by molar-refractivity contribution is 0.0901. The Bertz CT molecular complexity index is 522. The molecule has 0 aromatic heterocycles. The van der Waals surface area contributed by atoms with Crippen LogP contribution in [0.2, 0.25) is 0 Å². The summed E-state index contributed by atoms with van der Waals surface area (Å²) < 4.78 is 0. The van der Waals surface area contributed by atoms with Crippen molar-refractivity contribution in [3.05, 3.63) is 35.4 Å². The van der Waals surface area contributed by atoms with Crippen LogP contribution in [0.5, 0.6) is 0 Å². The highest BCUT2D eigenvalue weighted by molar-refractivity contribution is 5.42. The fraction of sp³-hybridized carbons (Fsp3) is 0.684. The smallest absolute Gasteiger partial charge is 0.0182 e. The molecule has 3 aliphatic rings. The maximum absolute atomic E-state index is 3.77. The first-order valence-corrected chi connectivity index (χ1v) is 8.68. The number of hydrogen-bond donors (Lipinski definition) is 1. The zero-order valence-electron chi connectivity index (χ0n) is 13.4. The van der Waals surface area contributed by atoms with Crippen molar-refractivity contribution in [2.75, 3.05) is 26.7 Å². The highest BCUT2D eigenvalue weighted by atomic mass is 15.2. The van der Waals surface area contributed by atoms with Gasteiger partial charge in [0.05, 0.1) is 0 Å². The molecule has 1 aromatic rings. The molecule has 0 spiro atoms. The largest absolute Gasteiger partial charge is 0.316 e. The first-order chi connectivity index (χ1) is 10.2. The summed E-state index contributed by atoms with van der Waals surface area (Å²) in [5, 5.41) is 3.77. The van der Waals surface area contributed by atoms with Crippen LogP contribution < -0.4 is 5.32 Å². The molecule has 2 fully saturated rings. The molecule has 4 rings (SSSR count). The lowest BCUT2D eigenvalue weighted by atomic mass is 9.61. The highest BCUT2D eigenvalue weighted by Gasteiger charge is 2.45. The summed E-state index contributed by atoms with van der Waals surface area (Å²) in [7, 11) is 2.33. The van der Waals surface area contributed by atoms with Crippen LogP contribution in [0, 0.1) is 5.92 Å². The van der Waals surface area contributed by atoms with Gasteiger partial charge in [-0.15, -0.1) is 0 Å². The van der Waals surface area contributed by atoms with Crippen LogP contribution in [0.25, 0.3) is 0 Å². The second-order valence-corrected chi connectivity index (χ2v) is 7.86. The van der Waals surface area contributed by atoms with Gasteiger partial charge in [-0.25, -0.2) is 0 Å². The van der Waals surface area contributed by atoms with E-state index >= 15 is 0 Å². The molecular formula is C19H28N2. The van der Waals surface area contributed by atoms with Crippen molar-refractivity contribution >= 4 is 0 Å². The Morgan fingerprint density at radius 3 is 2.86 bits per heavy atom. The molecule has 2 heteroatoms. The van der Waals surface area contributed by atoms with Gasteiger partial charge >= 0.3 is 0 Å². The molecule has 21 heavy (non-hydrogen) atoms. The fourth-order valence-electron chi connectivity index (χ4n) is 4.59.